The molecule has 0 spiro atoms. The van der Waals surface area contributed by atoms with Gasteiger partial charge in [0.25, 0.3) is 5.91 Å². The van der Waals surface area contributed by atoms with Crippen molar-refractivity contribution in [2.24, 2.45) is 0 Å². The van der Waals surface area contributed by atoms with Crippen molar-refractivity contribution < 1.29 is 13.9 Å². The lowest BCUT2D eigenvalue weighted by Gasteiger charge is -2.29. The minimum absolute atomic E-state index is 0.260. The van der Waals surface area contributed by atoms with Gasteiger partial charge in [0.1, 0.15) is 5.82 Å². The number of morpholine rings is 1. The summed E-state index contributed by atoms with van der Waals surface area (Å²) < 4.78 is 19.5. The standard InChI is InChI=1S/C23H23FN4O2/c1-15-3-4-17(13-25-15)22-12-20(14-26-16(22)2)27-23(29)18-9-19(24)11-21(10-18)28-5-7-30-8-6-28/h3-4,9-14H,5-8H2,1-2H3,(H,27,29). The van der Waals surface area contributed by atoms with Crippen LogP contribution in [0.1, 0.15) is 21.7 Å². The molecule has 6 nitrogen and oxygen atoms in total. The van der Waals surface area contributed by atoms with Crippen LogP contribution in [0.4, 0.5) is 15.8 Å². The van der Waals surface area contributed by atoms with Crippen molar-refractivity contribution in [1.29, 1.82) is 0 Å². The number of rotatable bonds is 4. The molecular weight excluding hydrogens is 383 g/mol. The van der Waals surface area contributed by atoms with Crippen LogP contribution in [0.25, 0.3) is 11.1 Å². The molecule has 0 atom stereocenters. The lowest BCUT2D eigenvalue weighted by molar-refractivity contribution is 0.102. The molecule has 1 N–H and O–H groups in total. The predicted molar refractivity (Wildman–Crippen MR) is 114 cm³/mol. The smallest absolute Gasteiger partial charge is 0.255 e. The van der Waals surface area contributed by atoms with Crippen LogP contribution in [-0.2, 0) is 4.74 Å². The molecule has 2 aromatic heterocycles. The minimum Gasteiger partial charge on any atom is -0.378 e. The number of nitrogens with one attached hydrogen (secondary N) is 1. The summed E-state index contributed by atoms with van der Waals surface area (Å²) in [4.78, 5) is 23.6. The number of aryl methyl sites for hydroxylation is 2. The Morgan fingerprint density at radius 2 is 1.87 bits per heavy atom. The van der Waals surface area contributed by atoms with Crippen LogP contribution in [0.3, 0.4) is 0 Å². The third-order valence-electron chi connectivity index (χ3n) is 5.09. The Kier molecular flexibility index (Phi) is 5.72. The number of pyridine rings is 2. The van der Waals surface area contributed by atoms with Gasteiger partial charge in [-0.1, -0.05) is 6.07 Å². The van der Waals surface area contributed by atoms with E-state index in [2.05, 4.69) is 15.3 Å². The van der Waals surface area contributed by atoms with Crippen molar-refractivity contribution in [3.05, 3.63) is 71.6 Å². The topological polar surface area (TPSA) is 67.4 Å². The fourth-order valence-corrected chi connectivity index (χ4v) is 3.43. The molecule has 0 bridgehead atoms. The van der Waals surface area contributed by atoms with E-state index in [1.54, 1.807) is 18.5 Å². The van der Waals surface area contributed by atoms with Crippen molar-refractivity contribution in [2.45, 2.75) is 13.8 Å². The average Bonchev–Trinajstić information content (AvgIpc) is 2.76. The molecule has 1 saturated heterocycles. The van der Waals surface area contributed by atoms with E-state index < -0.39 is 5.82 Å². The number of halogens is 1. The maximum absolute atomic E-state index is 14.2. The number of benzene rings is 1. The first-order chi connectivity index (χ1) is 14.5. The molecular formula is C23H23FN4O2. The van der Waals surface area contributed by atoms with Crippen molar-refractivity contribution in [2.75, 3.05) is 36.5 Å². The Balaban J connectivity index is 1.57. The minimum atomic E-state index is -0.447. The second-order valence-electron chi connectivity index (χ2n) is 7.30. The molecule has 0 saturated carbocycles. The van der Waals surface area contributed by atoms with Gasteiger partial charge < -0.3 is 15.0 Å². The third-order valence-corrected chi connectivity index (χ3v) is 5.09. The Labute approximate surface area is 174 Å². The molecule has 4 rings (SSSR count). The molecule has 30 heavy (non-hydrogen) atoms. The fourth-order valence-electron chi connectivity index (χ4n) is 3.43. The average molecular weight is 406 g/mol. The monoisotopic (exact) mass is 406 g/mol. The number of amides is 1. The van der Waals surface area contributed by atoms with Crippen LogP contribution in [0.2, 0.25) is 0 Å². The molecule has 0 radical (unpaired) electrons. The molecule has 1 amide bonds. The van der Waals surface area contributed by atoms with E-state index >= 15 is 0 Å². The number of aromatic nitrogens is 2. The number of carbonyl (C=O) groups excluding carboxylic acids is 1. The zero-order valence-corrected chi connectivity index (χ0v) is 17.0. The maximum atomic E-state index is 14.2. The Hall–Kier alpha value is -3.32. The first kappa shape index (κ1) is 20.0. The van der Waals surface area contributed by atoms with Crippen molar-refractivity contribution in [3.63, 3.8) is 0 Å². The summed E-state index contributed by atoms with van der Waals surface area (Å²) >= 11 is 0. The molecule has 1 fully saturated rings. The first-order valence-corrected chi connectivity index (χ1v) is 9.84. The normalized spacial score (nSPS) is 13.9. The predicted octanol–water partition coefficient (Wildman–Crippen LogP) is 3.99. The number of nitrogens with zero attached hydrogens (tertiary/aromatic N) is 3. The van der Waals surface area contributed by atoms with E-state index in [1.807, 2.05) is 36.9 Å². The van der Waals surface area contributed by atoms with Crippen molar-refractivity contribution in [1.82, 2.24) is 9.97 Å². The summed E-state index contributed by atoms with van der Waals surface area (Å²) in [5.74, 6) is -0.833. The summed E-state index contributed by atoms with van der Waals surface area (Å²) in [5, 5.41) is 2.83. The van der Waals surface area contributed by atoms with Gasteiger partial charge in [0.15, 0.2) is 0 Å². The van der Waals surface area contributed by atoms with Gasteiger partial charge in [0.2, 0.25) is 0 Å². The maximum Gasteiger partial charge on any atom is 0.255 e. The van der Waals surface area contributed by atoms with Crippen molar-refractivity contribution >= 4 is 17.3 Å². The highest BCUT2D eigenvalue weighted by molar-refractivity contribution is 6.05. The molecule has 154 valence electrons. The molecule has 0 aliphatic carbocycles. The van der Waals surface area contributed by atoms with E-state index in [4.69, 9.17) is 4.74 Å². The largest absolute Gasteiger partial charge is 0.378 e. The molecule has 7 heteroatoms. The second kappa shape index (κ2) is 8.59. The van der Waals surface area contributed by atoms with E-state index in [-0.39, 0.29) is 11.5 Å². The van der Waals surface area contributed by atoms with Gasteiger partial charge in [-0.2, -0.15) is 0 Å². The number of carbonyl (C=O) groups is 1. The highest BCUT2D eigenvalue weighted by Crippen LogP contribution is 2.26. The van der Waals surface area contributed by atoms with Crippen LogP contribution < -0.4 is 10.2 Å². The lowest BCUT2D eigenvalue weighted by Crippen LogP contribution is -2.36. The Morgan fingerprint density at radius 3 is 2.60 bits per heavy atom. The van der Waals surface area contributed by atoms with Crippen LogP contribution in [0.15, 0.2) is 48.8 Å². The molecule has 0 unspecified atom stereocenters. The summed E-state index contributed by atoms with van der Waals surface area (Å²) in [6.07, 6.45) is 3.38. The van der Waals surface area contributed by atoms with E-state index in [9.17, 15) is 9.18 Å². The van der Waals surface area contributed by atoms with Gasteiger partial charge in [-0.15, -0.1) is 0 Å². The van der Waals surface area contributed by atoms with E-state index in [0.29, 0.717) is 37.7 Å². The van der Waals surface area contributed by atoms with Gasteiger partial charge in [-0.05, 0) is 44.2 Å². The van der Waals surface area contributed by atoms with Gasteiger partial charge in [-0.3, -0.25) is 14.8 Å². The molecule has 1 aliphatic rings. The summed E-state index contributed by atoms with van der Waals surface area (Å²) in [6, 6.07) is 10.1. The van der Waals surface area contributed by atoms with Crippen LogP contribution in [-0.4, -0.2) is 42.2 Å². The highest BCUT2D eigenvalue weighted by Gasteiger charge is 2.16. The van der Waals surface area contributed by atoms with Gasteiger partial charge in [0.05, 0.1) is 25.1 Å². The zero-order chi connectivity index (χ0) is 21.1. The third kappa shape index (κ3) is 4.46. The first-order valence-electron chi connectivity index (χ1n) is 9.84. The van der Waals surface area contributed by atoms with E-state index in [1.165, 1.54) is 12.1 Å². The SMILES string of the molecule is Cc1ccc(-c2cc(NC(=O)c3cc(F)cc(N4CCOCC4)c3)cnc2C)cn1. The summed E-state index contributed by atoms with van der Waals surface area (Å²) in [6.45, 7) is 6.34. The number of ether oxygens (including phenoxy) is 1. The summed E-state index contributed by atoms with van der Waals surface area (Å²) in [5.41, 5.74) is 5.04. The quantitative estimate of drug-likeness (QED) is 0.710. The van der Waals surface area contributed by atoms with Gasteiger partial charge in [-0.25, -0.2) is 4.39 Å². The van der Waals surface area contributed by atoms with Gasteiger partial charge >= 0.3 is 0 Å². The number of hydrogen-bond donors (Lipinski definition) is 1. The molecule has 3 aromatic rings. The van der Waals surface area contributed by atoms with E-state index in [0.717, 1.165) is 22.5 Å². The Morgan fingerprint density at radius 1 is 1.07 bits per heavy atom. The van der Waals surface area contributed by atoms with Gasteiger partial charge in [0, 0.05) is 53.1 Å². The lowest BCUT2D eigenvalue weighted by atomic mass is 10.1. The Bertz CT molecular complexity index is 1060. The highest BCUT2D eigenvalue weighted by atomic mass is 19.1. The van der Waals surface area contributed by atoms with Crippen LogP contribution in [0, 0.1) is 19.7 Å². The summed E-state index contributed by atoms with van der Waals surface area (Å²) in [7, 11) is 0. The van der Waals surface area contributed by atoms with Crippen LogP contribution in [0.5, 0.6) is 0 Å². The number of anilines is 2. The zero-order valence-electron chi connectivity index (χ0n) is 17.0. The van der Waals surface area contributed by atoms with Crippen molar-refractivity contribution in [3.8, 4) is 11.1 Å². The second-order valence-corrected chi connectivity index (χ2v) is 7.30. The fraction of sp³-hybridized carbons (Fsp3) is 0.261. The molecule has 3 heterocycles. The number of hydrogen-bond acceptors (Lipinski definition) is 5. The molecule has 1 aliphatic heterocycles. The van der Waals surface area contributed by atoms with Crippen LogP contribution >= 0.6 is 0 Å². The molecule has 1 aromatic carbocycles.